The lowest BCUT2D eigenvalue weighted by molar-refractivity contribution is 0.411. The van der Waals surface area contributed by atoms with Crippen LogP contribution in [0.15, 0.2) is 18.2 Å². The number of benzene rings is 1. The van der Waals surface area contributed by atoms with Crippen LogP contribution in [0.2, 0.25) is 0 Å². The van der Waals surface area contributed by atoms with Gasteiger partial charge in [-0.3, -0.25) is 0 Å². The van der Waals surface area contributed by atoms with E-state index in [1.165, 1.54) is 5.56 Å². The van der Waals surface area contributed by atoms with Crippen LogP contribution in [-0.4, -0.2) is 12.9 Å². The lowest BCUT2D eigenvalue weighted by Gasteiger charge is -2.08. The first kappa shape index (κ1) is 10.3. The van der Waals surface area contributed by atoms with E-state index in [4.69, 9.17) is 10.5 Å². The maximum Gasteiger partial charge on any atom is 0.123 e. The maximum atomic E-state index is 5.69. The van der Waals surface area contributed by atoms with Crippen molar-refractivity contribution in [2.75, 3.05) is 18.6 Å². The van der Waals surface area contributed by atoms with E-state index in [0.29, 0.717) is 0 Å². The molecule has 0 aromatic heterocycles. The van der Waals surface area contributed by atoms with Crippen LogP contribution in [0.3, 0.4) is 0 Å². The molecule has 3 heteroatoms. The van der Waals surface area contributed by atoms with Gasteiger partial charge in [-0.25, -0.2) is 0 Å². The molecule has 0 heterocycles. The Hall–Kier alpha value is -0.830. The standard InChI is InChI=1S/C10H15NOS/c1-3-13-7-8-6-9(11)4-5-10(8)12-2/h4-6H,3,7,11H2,1-2H3. The van der Waals surface area contributed by atoms with E-state index in [-0.39, 0.29) is 0 Å². The highest BCUT2D eigenvalue weighted by Crippen LogP contribution is 2.25. The molecule has 0 fully saturated rings. The molecule has 2 N–H and O–H groups in total. The van der Waals surface area contributed by atoms with Crippen molar-refractivity contribution in [3.63, 3.8) is 0 Å². The van der Waals surface area contributed by atoms with Crippen molar-refractivity contribution in [2.24, 2.45) is 0 Å². The lowest BCUT2D eigenvalue weighted by Crippen LogP contribution is -1.93. The summed E-state index contributed by atoms with van der Waals surface area (Å²) in [6.07, 6.45) is 0. The van der Waals surface area contributed by atoms with Crippen LogP contribution in [-0.2, 0) is 5.75 Å². The predicted octanol–water partition coefficient (Wildman–Crippen LogP) is 2.53. The zero-order valence-electron chi connectivity index (χ0n) is 8.04. The van der Waals surface area contributed by atoms with Gasteiger partial charge < -0.3 is 10.5 Å². The topological polar surface area (TPSA) is 35.2 Å². The summed E-state index contributed by atoms with van der Waals surface area (Å²) < 4.78 is 5.23. The molecule has 2 nitrogen and oxygen atoms in total. The van der Waals surface area contributed by atoms with Gasteiger partial charge in [0, 0.05) is 17.0 Å². The molecule has 0 aliphatic heterocycles. The number of hydrogen-bond donors (Lipinski definition) is 1. The predicted molar refractivity (Wildman–Crippen MR) is 59.2 cm³/mol. The average Bonchev–Trinajstić information content (AvgIpc) is 2.15. The van der Waals surface area contributed by atoms with Crippen LogP contribution >= 0.6 is 11.8 Å². The molecule has 0 bridgehead atoms. The highest BCUT2D eigenvalue weighted by Gasteiger charge is 2.02. The highest BCUT2D eigenvalue weighted by molar-refractivity contribution is 7.98. The summed E-state index contributed by atoms with van der Waals surface area (Å²) in [6.45, 7) is 2.14. The van der Waals surface area contributed by atoms with Gasteiger partial charge in [0.25, 0.3) is 0 Å². The van der Waals surface area contributed by atoms with E-state index in [1.807, 2.05) is 30.0 Å². The number of methoxy groups -OCH3 is 1. The molecule has 0 radical (unpaired) electrons. The Morgan fingerprint density at radius 2 is 2.23 bits per heavy atom. The van der Waals surface area contributed by atoms with Crippen molar-refractivity contribution < 1.29 is 4.74 Å². The Morgan fingerprint density at radius 3 is 2.85 bits per heavy atom. The fraction of sp³-hybridized carbons (Fsp3) is 0.400. The molecule has 0 atom stereocenters. The van der Waals surface area contributed by atoms with Gasteiger partial charge in [0.2, 0.25) is 0 Å². The first-order valence-electron chi connectivity index (χ1n) is 4.28. The van der Waals surface area contributed by atoms with Gasteiger partial charge in [-0.1, -0.05) is 6.92 Å². The molecule has 1 aromatic carbocycles. The largest absolute Gasteiger partial charge is 0.496 e. The second-order valence-corrected chi connectivity index (χ2v) is 3.98. The zero-order chi connectivity index (χ0) is 9.68. The number of nitrogen functional groups attached to an aromatic ring is 1. The van der Waals surface area contributed by atoms with Gasteiger partial charge >= 0.3 is 0 Å². The van der Waals surface area contributed by atoms with E-state index in [9.17, 15) is 0 Å². The second kappa shape index (κ2) is 5.02. The lowest BCUT2D eigenvalue weighted by atomic mass is 10.2. The smallest absolute Gasteiger partial charge is 0.123 e. The van der Waals surface area contributed by atoms with Crippen molar-refractivity contribution in [3.05, 3.63) is 23.8 Å². The summed E-state index contributed by atoms with van der Waals surface area (Å²) in [7, 11) is 1.69. The molecule has 1 aromatic rings. The van der Waals surface area contributed by atoms with Gasteiger partial charge in [-0.05, 0) is 24.0 Å². The maximum absolute atomic E-state index is 5.69. The summed E-state index contributed by atoms with van der Waals surface area (Å²) in [5.41, 5.74) is 7.66. The normalized spacial score (nSPS) is 10.0. The van der Waals surface area contributed by atoms with Crippen molar-refractivity contribution >= 4 is 17.4 Å². The van der Waals surface area contributed by atoms with Crippen LogP contribution in [0.1, 0.15) is 12.5 Å². The number of anilines is 1. The quantitative estimate of drug-likeness (QED) is 0.753. The molecule has 0 aliphatic carbocycles. The summed E-state index contributed by atoms with van der Waals surface area (Å²) >= 11 is 1.86. The van der Waals surface area contributed by atoms with Crippen molar-refractivity contribution in [1.29, 1.82) is 0 Å². The van der Waals surface area contributed by atoms with Gasteiger partial charge in [-0.15, -0.1) is 0 Å². The van der Waals surface area contributed by atoms with Crippen LogP contribution < -0.4 is 10.5 Å². The van der Waals surface area contributed by atoms with Crippen molar-refractivity contribution in [2.45, 2.75) is 12.7 Å². The second-order valence-electron chi connectivity index (χ2n) is 2.71. The SMILES string of the molecule is CCSCc1cc(N)ccc1OC. The number of ether oxygens (including phenoxy) is 1. The van der Waals surface area contributed by atoms with E-state index in [0.717, 1.165) is 22.9 Å². The average molecular weight is 197 g/mol. The highest BCUT2D eigenvalue weighted by atomic mass is 32.2. The molecule has 1 rings (SSSR count). The van der Waals surface area contributed by atoms with Gasteiger partial charge in [0.1, 0.15) is 5.75 Å². The van der Waals surface area contributed by atoms with Gasteiger partial charge in [0.05, 0.1) is 7.11 Å². The first-order chi connectivity index (χ1) is 6.27. The zero-order valence-corrected chi connectivity index (χ0v) is 8.86. The summed E-state index contributed by atoms with van der Waals surface area (Å²) in [6, 6.07) is 5.75. The molecule has 0 unspecified atom stereocenters. The van der Waals surface area contributed by atoms with Crippen molar-refractivity contribution in [1.82, 2.24) is 0 Å². The fourth-order valence-corrected chi connectivity index (χ4v) is 1.77. The molecule has 0 aliphatic rings. The third-order valence-corrected chi connectivity index (χ3v) is 2.69. The summed E-state index contributed by atoms with van der Waals surface area (Å²) in [5.74, 6) is 3.00. The number of hydrogen-bond acceptors (Lipinski definition) is 3. The number of thioether (sulfide) groups is 1. The van der Waals surface area contributed by atoms with Gasteiger partial charge in [-0.2, -0.15) is 11.8 Å². The Kier molecular flexibility index (Phi) is 3.96. The summed E-state index contributed by atoms with van der Waals surface area (Å²) in [5, 5.41) is 0. The molecule has 72 valence electrons. The van der Waals surface area contributed by atoms with Crippen LogP contribution in [0.5, 0.6) is 5.75 Å². The van der Waals surface area contributed by atoms with E-state index in [2.05, 4.69) is 6.92 Å². The van der Waals surface area contributed by atoms with E-state index in [1.54, 1.807) is 7.11 Å². The Morgan fingerprint density at radius 1 is 1.46 bits per heavy atom. The third-order valence-electron chi connectivity index (χ3n) is 1.77. The van der Waals surface area contributed by atoms with Crippen LogP contribution in [0.25, 0.3) is 0 Å². The van der Waals surface area contributed by atoms with E-state index >= 15 is 0 Å². The molecule has 13 heavy (non-hydrogen) atoms. The Bertz CT molecular complexity index is 276. The molecule has 0 amide bonds. The molecule has 0 saturated heterocycles. The monoisotopic (exact) mass is 197 g/mol. The van der Waals surface area contributed by atoms with E-state index < -0.39 is 0 Å². The number of rotatable bonds is 4. The Balaban J connectivity index is 2.81. The van der Waals surface area contributed by atoms with Crippen LogP contribution in [0.4, 0.5) is 5.69 Å². The number of nitrogens with two attached hydrogens (primary N) is 1. The van der Waals surface area contributed by atoms with Gasteiger partial charge in [0.15, 0.2) is 0 Å². The minimum absolute atomic E-state index is 0.799. The first-order valence-corrected chi connectivity index (χ1v) is 5.43. The van der Waals surface area contributed by atoms with Crippen molar-refractivity contribution in [3.8, 4) is 5.75 Å². The summed E-state index contributed by atoms with van der Waals surface area (Å²) in [4.78, 5) is 0. The minimum atomic E-state index is 0.799. The fourth-order valence-electron chi connectivity index (χ4n) is 1.12. The molecular formula is C10H15NOS. The van der Waals surface area contributed by atoms with Crippen LogP contribution in [0, 0.1) is 0 Å². The molecule has 0 spiro atoms. The third kappa shape index (κ3) is 2.84. The molecule has 0 saturated carbocycles. The molecular weight excluding hydrogens is 182 g/mol. The minimum Gasteiger partial charge on any atom is -0.496 e. The Labute approximate surface area is 83.5 Å².